The molecular weight excluding hydrogens is 308 g/mol. The van der Waals surface area contributed by atoms with Crippen molar-refractivity contribution in [2.75, 3.05) is 18.1 Å². The van der Waals surface area contributed by atoms with Crippen molar-refractivity contribution >= 4 is 27.2 Å². The fraction of sp³-hybridized carbons (Fsp3) is 0.643. The monoisotopic (exact) mass is 328 g/mol. The van der Waals surface area contributed by atoms with Gasteiger partial charge in [0.15, 0.2) is 9.84 Å². The van der Waals surface area contributed by atoms with E-state index in [4.69, 9.17) is 0 Å². The van der Waals surface area contributed by atoms with Gasteiger partial charge in [-0.2, -0.15) is 0 Å². The molecule has 1 N–H and O–H groups in total. The molecule has 0 spiro atoms. The van der Waals surface area contributed by atoms with E-state index in [9.17, 15) is 13.2 Å². The van der Waals surface area contributed by atoms with Crippen LogP contribution in [0.2, 0.25) is 0 Å². The van der Waals surface area contributed by atoms with Crippen LogP contribution in [0, 0.1) is 0 Å². The summed E-state index contributed by atoms with van der Waals surface area (Å²) in [6.45, 7) is 2.79. The molecule has 2 aliphatic rings. The van der Waals surface area contributed by atoms with Crippen LogP contribution in [0.4, 0.5) is 4.79 Å². The number of nitrogens with zero attached hydrogens (tertiary/aromatic N) is 1. The molecule has 2 aliphatic heterocycles. The van der Waals surface area contributed by atoms with Crippen molar-refractivity contribution in [2.45, 2.75) is 38.3 Å². The number of amides is 2. The minimum atomic E-state index is -2.96. The number of fused-ring (bicyclic) bond motifs is 1. The summed E-state index contributed by atoms with van der Waals surface area (Å²) < 4.78 is 23.0. The summed E-state index contributed by atoms with van der Waals surface area (Å²) in [5.74, 6) is 0.261. The van der Waals surface area contributed by atoms with Crippen LogP contribution in [0.3, 0.4) is 0 Å². The van der Waals surface area contributed by atoms with Gasteiger partial charge in [0.1, 0.15) is 0 Å². The van der Waals surface area contributed by atoms with Gasteiger partial charge in [-0.15, -0.1) is 11.3 Å². The Balaban J connectivity index is 1.70. The van der Waals surface area contributed by atoms with E-state index in [2.05, 4.69) is 23.7 Å². The van der Waals surface area contributed by atoms with Gasteiger partial charge in [0, 0.05) is 17.5 Å². The number of thiophene rings is 1. The van der Waals surface area contributed by atoms with Gasteiger partial charge in [0.2, 0.25) is 0 Å². The van der Waals surface area contributed by atoms with E-state index in [1.165, 1.54) is 10.4 Å². The van der Waals surface area contributed by atoms with Crippen molar-refractivity contribution < 1.29 is 13.2 Å². The number of hydrogen-bond acceptors (Lipinski definition) is 4. The number of hydrogen-bond donors (Lipinski definition) is 1. The van der Waals surface area contributed by atoms with Crippen LogP contribution in [0.25, 0.3) is 0 Å². The Morgan fingerprint density at radius 2 is 2.33 bits per heavy atom. The summed E-state index contributed by atoms with van der Waals surface area (Å²) >= 11 is 1.75. The number of carbonyl (C=O) groups is 1. The Labute approximate surface area is 129 Å². The second kappa shape index (κ2) is 5.61. The normalized spacial score (nSPS) is 27.4. The van der Waals surface area contributed by atoms with Crippen LogP contribution < -0.4 is 5.32 Å². The number of rotatable bonds is 2. The highest BCUT2D eigenvalue weighted by Crippen LogP contribution is 2.35. The lowest BCUT2D eigenvalue weighted by Gasteiger charge is -2.36. The van der Waals surface area contributed by atoms with E-state index in [0.717, 1.165) is 12.8 Å². The maximum atomic E-state index is 12.5. The van der Waals surface area contributed by atoms with Gasteiger partial charge in [-0.1, -0.05) is 6.92 Å². The summed E-state index contributed by atoms with van der Waals surface area (Å²) in [4.78, 5) is 15.7. The van der Waals surface area contributed by atoms with Crippen molar-refractivity contribution in [3.05, 3.63) is 21.9 Å². The Morgan fingerprint density at radius 3 is 3.00 bits per heavy atom. The number of urea groups is 1. The van der Waals surface area contributed by atoms with Gasteiger partial charge in [-0.3, -0.25) is 0 Å². The third-order valence-electron chi connectivity index (χ3n) is 4.30. The molecule has 2 atom stereocenters. The van der Waals surface area contributed by atoms with Crippen molar-refractivity contribution in [3.63, 3.8) is 0 Å². The summed E-state index contributed by atoms with van der Waals surface area (Å²) in [5, 5.41) is 4.98. The van der Waals surface area contributed by atoms with Gasteiger partial charge in [0.05, 0.1) is 17.5 Å². The lowest BCUT2D eigenvalue weighted by molar-refractivity contribution is 0.165. The van der Waals surface area contributed by atoms with Crippen molar-refractivity contribution in [3.8, 4) is 0 Å². The Hall–Kier alpha value is -1.08. The zero-order valence-electron chi connectivity index (χ0n) is 12.0. The summed E-state index contributed by atoms with van der Waals surface area (Å²) in [7, 11) is -2.96. The van der Waals surface area contributed by atoms with Gasteiger partial charge in [0.25, 0.3) is 0 Å². The third kappa shape index (κ3) is 2.94. The smallest absolute Gasteiger partial charge is 0.318 e. The van der Waals surface area contributed by atoms with Gasteiger partial charge >= 0.3 is 6.03 Å². The average Bonchev–Trinajstić information content (AvgIpc) is 3.03. The van der Waals surface area contributed by atoms with Crippen LogP contribution >= 0.6 is 11.3 Å². The predicted octanol–water partition coefficient (Wildman–Crippen LogP) is 1.95. The SMILES string of the molecule is CC[C@@H]1c2ccsc2CCN1C(=O)N[C@H]1CCS(=O)(=O)C1. The Bertz CT molecular complexity index is 638. The molecule has 0 unspecified atom stereocenters. The Kier molecular flexibility index (Phi) is 3.96. The average molecular weight is 328 g/mol. The first kappa shape index (κ1) is 14.8. The van der Waals surface area contributed by atoms with Crippen LogP contribution in [0.5, 0.6) is 0 Å². The first-order valence-corrected chi connectivity index (χ1v) is 10.0. The molecule has 7 heteroatoms. The maximum Gasteiger partial charge on any atom is 0.318 e. The van der Waals surface area contributed by atoms with Crippen molar-refractivity contribution in [1.82, 2.24) is 10.2 Å². The number of carbonyl (C=O) groups excluding carboxylic acids is 1. The minimum absolute atomic E-state index is 0.0765. The highest BCUT2D eigenvalue weighted by molar-refractivity contribution is 7.91. The highest BCUT2D eigenvalue weighted by atomic mass is 32.2. The Morgan fingerprint density at radius 1 is 1.52 bits per heavy atom. The lowest BCUT2D eigenvalue weighted by atomic mass is 9.98. The lowest BCUT2D eigenvalue weighted by Crippen LogP contribution is -2.48. The first-order valence-electron chi connectivity index (χ1n) is 7.34. The predicted molar refractivity (Wildman–Crippen MR) is 83.4 cm³/mol. The molecule has 116 valence electrons. The van der Waals surface area contributed by atoms with E-state index in [0.29, 0.717) is 13.0 Å². The van der Waals surface area contributed by atoms with E-state index in [-0.39, 0.29) is 29.6 Å². The zero-order chi connectivity index (χ0) is 15.0. The summed E-state index contributed by atoms with van der Waals surface area (Å²) in [5.41, 5.74) is 1.25. The highest BCUT2D eigenvalue weighted by Gasteiger charge is 2.34. The molecule has 3 heterocycles. The van der Waals surface area contributed by atoms with E-state index in [1.807, 2.05) is 4.90 Å². The van der Waals surface area contributed by atoms with Crippen molar-refractivity contribution in [1.29, 1.82) is 0 Å². The molecule has 0 radical (unpaired) electrons. The van der Waals surface area contributed by atoms with Gasteiger partial charge in [-0.25, -0.2) is 13.2 Å². The van der Waals surface area contributed by atoms with Crippen LogP contribution in [-0.4, -0.2) is 43.4 Å². The second-order valence-corrected chi connectivity index (χ2v) is 8.95. The first-order chi connectivity index (χ1) is 10.00. The topological polar surface area (TPSA) is 66.5 Å². The van der Waals surface area contributed by atoms with Crippen molar-refractivity contribution in [2.24, 2.45) is 0 Å². The van der Waals surface area contributed by atoms with Gasteiger partial charge < -0.3 is 10.2 Å². The molecule has 3 rings (SSSR count). The summed E-state index contributed by atoms with van der Waals surface area (Å²) in [6.07, 6.45) is 2.29. The third-order valence-corrected chi connectivity index (χ3v) is 7.07. The van der Waals surface area contributed by atoms with Crippen LogP contribution in [-0.2, 0) is 16.3 Å². The number of sulfone groups is 1. The quantitative estimate of drug-likeness (QED) is 0.902. The zero-order valence-corrected chi connectivity index (χ0v) is 13.7. The molecule has 5 nitrogen and oxygen atoms in total. The standard InChI is InChI=1S/C14H20N2O3S2/c1-2-12-11-4-7-20-13(11)3-6-16(12)14(17)15-10-5-8-21(18,19)9-10/h4,7,10,12H,2-3,5-6,8-9H2,1H3,(H,15,17)/t10-,12+/m0/s1. The molecule has 21 heavy (non-hydrogen) atoms. The fourth-order valence-electron chi connectivity index (χ4n) is 3.25. The van der Waals surface area contributed by atoms with Crippen LogP contribution in [0.15, 0.2) is 11.4 Å². The largest absolute Gasteiger partial charge is 0.334 e. The maximum absolute atomic E-state index is 12.5. The molecular formula is C14H20N2O3S2. The van der Waals surface area contributed by atoms with E-state index in [1.54, 1.807) is 11.3 Å². The van der Waals surface area contributed by atoms with Gasteiger partial charge in [-0.05, 0) is 36.3 Å². The minimum Gasteiger partial charge on any atom is -0.334 e. The molecule has 0 bridgehead atoms. The molecule has 0 aromatic carbocycles. The molecule has 0 saturated carbocycles. The summed E-state index contributed by atoms with van der Waals surface area (Å²) in [6, 6.07) is 1.86. The molecule has 1 aromatic rings. The molecule has 1 saturated heterocycles. The molecule has 0 aliphatic carbocycles. The number of nitrogens with one attached hydrogen (secondary N) is 1. The van der Waals surface area contributed by atoms with E-state index >= 15 is 0 Å². The molecule has 2 amide bonds. The van der Waals surface area contributed by atoms with Crippen LogP contribution in [0.1, 0.15) is 36.2 Å². The molecule has 1 aromatic heterocycles. The fourth-order valence-corrected chi connectivity index (χ4v) is 5.85. The second-order valence-electron chi connectivity index (χ2n) is 5.72. The molecule has 1 fully saturated rings. The van der Waals surface area contributed by atoms with E-state index < -0.39 is 9.84 Å².